The molecule has 0 radical (unpaired) electrons. The lowest BCUT2D eigenvalue weighted by molar-refractivity contribution is 0.0705. The molecule has 28 heavy (non-hydrogen) atoms. The Hall–Kier alpha value is -3.13. The Labute approximate surface area is 163 Å². The number of H-pyrrole nitrogens is 1. The van der Waals surface area contributed by atoms with Gasteiger partial charge in [-0.3, -0.25) is 14.3 Å². The van der Waals surface area contributed by atoms with Crippen molar-refractivity contribution in [2.45, 2.75) is 13.1 Å². The van der Waals surface area contributed by atoms with Gasteiger partial charge in [-0.1, -0.05) is 0 Å². The Balaban J connectivity index is 1.44. The molecule has 3 heterocycles. The van der Waals surface area contributed by atoms with Crippen molar-refractivity contribution in [2.24, 2.45) is 0 Å². The number of nitrogens with one attached hydrogen (secondary N) is 2. The second-order valence-corrected chi connectivity index (χ2v) is 7.31. The molecule has 146 valence electrons. The number of aromatic amines is 1. The zero-order valence-electron chi connectivity index (χ0n) is 16.1. The second-order valence-electron chi connectivity index (χ2n) is 7.31. The van der Waals surface area contributed by atoms with Gasteiger partial charge in [-0.15, -0.1) is 0 Å². The number of hydrogen-bond donors (Lipinski definition) is 2. The van der Waals surface area contributed by atoms with Gasteiger partial charge >= 0.3 is 0 Å². The highest BCUT2D eigenvalue weighted by Crippen LogP contribution is 2.19. The van der Waals surface area contributed by atoms with Crippen LogP contribution >= 0.6 is 0 Å². The first-order chi connectivity index (χ1) is 13.5. The first-order valence-corrected chi connectivity index (χ1v) is 9.37. The van der Waals surface area contributed by atoms with Gasteiger partial charge in [0.2, 0.25) is 0 Å². The highest BCUT2D eigenvalue weighted by molar-refractivity contribution is 5.98. The number of rotatable bonds is 5. The van der Waals surface area contributed by atoms with Crippen molar-refractivity contribution in [1.29, 1.82) is 0 Å². The zero-order chi connectivity index (χ0) is 19.7. The lowest BCUT2D eigenvalue weighted by Crippen LogP contribution is -2.38. The summed E-state index contributed by atoms with van der Waals surface area (Å²) < 4.78 is 1.82. The molecule has 0 fully saturated rings. The van der Waals surface area contributed by atoms with Crippen LogP contribution in [-0.4, -0.2) is 70.1 Å². The maximum atomic E-state index is 12.9. The lowest BCUT2D eigenvalue weighted by atomic mass is 10.1. The Morgan fingerprint density at radius 3 is 2.89 bits per heavy atom. The van der Waals surface area contributed by atoms with Crippen LogP contribution in [0.1, 0.15) is 26.5 Å². The molecular weight excluding hydrogens is 356 g/mol. The van der Waals surface area contributed by atoms with Crippen molar-refractivity contribution >= 4 is 22.7 Å². The van der Waals surface area contributed by atoms with Crippen LogP contribution < -0.4 is 5.32 Å². The molecule has 8 nitrogen and oxygen atoms in total. The third-order valence-corrected chi connectivity index (χ3v) is 4.96. The van der Waals surface area contributed by atoms with E-state index >= 15 is 0 Å². The summed E-state index contributed by atoms with van der Waals surface area (Å²) in [7, 11) is 3.92. The van der Waals surface area contributed by atoms with Crippen LogP contribution in [0.15, 0.2) is 36.5 Å². The smallest absolute Gasteiger partial charge is 0.271 e. The molecule has 0 saturated heterocycles. The molecule has 8 heteroatoms. The summed E-state index contributed by atoms with van der Waals surface area (Å²) in [4.78, 5) is 32.2. The SMILES string of the molecule is CN(C)CCNC(=O)c1cc2n(n1)CCN(C(=O)c1ccc3[nH]ccc3c1)C2. The number of hydrogen-bond acceptors (Lipinski definition) is 4. The van der Waals surface area contributed by atoms with Gasteiger partial charge in [0.15, 0.2) is 5.69 Å². The normalized spacial score (nSPS) is 13.8. The van der Waals surface area contributed by atoms with Crippen molar-refractivity contribution < 1.29 is 9.59 Å². The minimum absolute atomic E-state index is 0.00691. The van der Waals surface area contributed by atoms with Gasteiger partial charge in [-0.25, -0.2) is 0 Å². The lowest BCUT2D eigenvalue weighted by Gasteiger charge is -2.27. The van der Waals surface area contributed by atoms with E-state index < -0.39 is 0 Å². The summed E-state index contributed by atoms with van der Waals surface area (Å²) >= 11 is 0. The van der Waals surface area contributed by atoms with Crippen molar-refractivity contribution in [3.8, 4) is 0 Å². The fourth-order valence-electron chi connectivity index (χ4n) is 3.40. The van der Waals surface area contributed by atoms with E-state index in [9.17, 15) is 9.59 Å². The number of carbonyl (C=O) groups excluding carboxylic acids is 2. The van der Waals surface area contributed by atoms with E-state index in [1.54, 1.807) is 11.0 Å². The predicted molar refractivity (Wildman–Crippen MR) is 106 cm³/mol. The van der Waals surface area contributed by atoms with Crippen LogP contribution in [0.3, 0.4) is 0 Å². The van der Waals surface area contributed by atoms with Gasteiger partial charge in [0.25, 0.3) is 11.8 Å². The number of likely N-dealkylation sites (N-methyl/N-ethyl adjacent to an activating group) is 1. The second kappa shape index (κ2) is 7.47. The first-order valence-electron chi connectivity index (χ1n) is 9.37. The van der Waals surface area contributed by atoms with Gasteiger partial charge in [-0.2, -0.15) is 5.10 Å². The molecule has 3 aromatic rings. The van der Waals surface area contributed by atoms with Gasteiger partial charge in [0.05, 0.1) is 18.8 Å². The van der Waals surface area contributed by atoms with E-state index in [0.29, 0.717) is 37.4 Å². The average molecular weight is 380 g/mol. The maximum Gasteiger partial charge on any atom is 0.271 e. The number of aromatic nitrogens is 3. The molecule has 0 atom stereocenters. The average Bonchev–Trinajstić information content (AvgIpc) is 3.32. The quantitative estimate of drug-likeness (QED) is 0.699. The van der Waals surface area contributed by atoms with Gasteiger partial charge in [0, 0.05) is 42.3 Å². The monoisotopic (exact) mass is 380 g/mol. The Morgan fingerprint density at radius 1 is 1.21 bits per heavy atom. The number of fused-ring (bicyclic) bond motifs is 2. The minimum Gasteiger partial charge on any atom is -0.361 e. The number of carbonyl (C=O) groups is 2. The molecule has 4 rings (SSSR count). The molecule has 0 unspecified atom stereocenters. The summed E-state index contributed by atoms with van der Waals surface area (Å²) in [5, 5.41) is 8.29. The van der Waals surface area contributed by atoms with E-state index in [-0.39, 0.29) is 11.8 Å². The fourth-order valence-corrected chi connectivity index (χ4v) is 3.40. The summed E-state index contributed by atoms with van der Waals surface area (Å²) in [6.07, 6.45) is 1.86. The van der Waals surface area contributed by atoms with E-state index in [1.165, 1.54) is 0 Å². The third-order valence-electron chi connectivity index (χ3n) is 4.96. The van der Waals surface area contributed by atoms with E-state index in [1.807, 2.05) is 54.1 Å². The first kappa shape index (κ1) is 18.2. The highest BCUT2D eigenvalue weighted by Gasteiger charge is 2.24. The molecular formula is C20H24N6O2. The fraction of sp³-hybridized carbons (Fsp3) is 0.350. The largest absolute Gasteiger partial charge is 0.361 e. The maximum absolute atomic E-state index is 12.9. The number of benzene rings is 1. The molecule has 0 saturated carbocycles. The van der Waals surface area contributed by atoms with Gasteiger partial charge < -0.3 is 20.1 Å². The summed E-state index contributed by atoms with van der Waals surface area (Å²) in [6, 6.07) is 9.41. The van der Waals surface area contributed by atoms with Crippen LogP contribution in [0, 0.1) is 0 Å². The standard InChI is InChI=1S/C20H24N6O2/c1-24(2)8-7-22-19(27)18-12-16-13-25(9-10-26(16)23-18)20(28)15-3-4-17-14(11-15)5-6-21-17/h3-6,11-12,21H,7-10,13H2,1-2H3,(H,22,27). The molecule has 1 aliphatic heterocycles. The van der Waals surface area contributed by atoms with Gasteiger partial charge in [0.1, 0.15) is 0 Å². The molecule has 1 aromatic carbocycles. The highest BCUT2D eigenvalue weighted by atomic mass is 16.2. The molecule has 2 aromatic heterocycles. The van der Waals surface area contributed by atoms with E-state index in [4.69, 9.17) is 0 Å². The van der Waals surface area contributed by atoms with Crippen LogP contribution in [0.4, 0.5) is 0 Å². The Kier molecular flexibility index (Phi) is 4.87. The Bertz CT molecular complexity index is 1020. The van der Waals surface area contributed by atoms with E-state index in [2.05, 4.69) is 15.4 Å². The Morgan fingerprint density at radius 2 is 2.07 bits per heavy atom. The van der Waals surface area contributed by atoms with Crippen molar-refractivity contribution in [3.05, 3.63) is 53.5 Å². The number of amides is 2. The van der Waals surface area contributed by atoms with Crippen molar-refractivity contribution in [3.63, 3.8) is 0 Å². The van der Waals surface area contributed by atoms with Gasteiger partial charge in [-0.05, 0) is 44.4 Å². The molecule has 2 amide bonds. The summed E-state index contributed by atoms with van der Waals surface area (Å²) in [5.41, 5.74) is 2.96. The van der Waals surface area contributed by atoms with Crippen molar-refractivity contribution in [2.75, 3.05) is 33.7 Å². The third kappa shape index (κ3) is 3.63. The summed E-state index contributed by atoms with van der Waals surface area (Å²) in [5.74, 6) is -0.188. The number of nitrogens with zero attached hydrogens (tertiary/aromatic N) is 4. The van der Waals surface area contributed by atoms with Crippen molar-refractivity contribution in [1.82, 2.24) is 29.9 Å². The zero-order valence-corrected chi connectivity index (χ0v) is 16.1. The topological polar surface area (TPSA) is 86.3 Å². The van der Waals surface area contributed by atoms with Crippen LogP contribution in [0.5, 0.6) is 0 Å². The molecule has 0 aliphatic carbocycles. The predicted octanol–water partition coefficient (Wildman–Crippen LogP) is 1.31. The molecule has 0 spiro atoms. The van der Waals surface area contributed by atoms with Crippen LogP contribution in [0.2, 0.25) is 0 Å². The minimum atomic E-state index is -0.181. The summed E-state index contributed by atoms with van der Waals surface area (Å²) in [6.45, 7) is 2.94. The molecule has 2 N–H and O–H groups in total. The molecule has 1 aliphatic rings. The molecule has 0 bridgehead atoms. The van der Waals surface area contributed by atoms with Crippen LogP contribution in [-0.2, 0) is 13.1 Å². The van der Waals surface area contributed by atoms with E-state index in [0.717, 1.165) is 23.1 Å². The van der Waals surface area contributed by atoms with Crippen LogP contribution in [0.25, 0.3) is 10.9 Å².